The van der Waals surface area contributed by atoms with Gasteiger partial charge < -0.3 is 5.32 Å². The van der Waals surface area contributed by atoms with E-state index >= 15 is 0 Å². The molecule has 3 nitrogen and oxygen atoms in total. The third kappa shape index (κ3) is 4.67. The van der Waals surface area contributed by atoms with Crippen LogP contribution in [-0.4, -0.2) is 23.4 Å². The summed E-state index contributed by atoms with van der Waals surface area (Å²) in [6, 6.07) is 11.7. The average Bonchev–Trinajstić information content (AvgIpc) is 2.63. The first-order valence-electron chi connectivity index (χ1n) is 9.08. The summed E-state index contributed by atoms with van der Waals surface area (Å²) in [5.41, 5.74) is 2.04. The summed E-state index contributed by atoms with van der Waals surface area (Å²) in [6.45, 7) is 4.66. The van der Waals surface area contributed by atoms with E-state index in [1.54, 1.807) is 0 Å². The van der Waals surface area contributed by atoms with Gasteiger partial charge in [-0.2, -0.15) is 0 Å². The fraction of sp³-hybridized carbons (Fsp3) is 0.381. The Balaban J connectivity index is 1.55. The zero-order chi connectivity index (χ0) is 18.5. The normalized spacial score (nSPS) is 17.9. The maximum atomic E-state index is 13.6. The molecule has 26 heavy (non-hydrogen) atoms. The first-order valence-corrected chi connectivity index (χ1v) is 9.08. The molecule has 0 saturated carbocycles. The summed E-state index contributed by atoms with van der Waals surface area (Å²) in [5.74, 6) is -2.10. The van der Waals surface area contributed by atoms with Crippen LogP contribution in [0.2, 0.25) is 0 Å². The highest BCUT2D eigenvalue weighted by Crippen LogP contribution is 2.19. The Morgan fingerprint density at radius 3 is 2.54 bits per heavy atom. The van der Waals surface area contributed by atoms with Gasteiger partial charge >= 0.3 is 0 Å². The zero-order valence-corrected chi connectivity index (χ0v) is 15.0. The quantitative estimate of drug-likeness (QED) is 0.866. The number of carbonyl (C=O) groups excluding carboxylic acids is 1. The number of hydrogen-bond acceptors (Lipinski definition) is 2. The molecule has 1 amide bonds. The fourth-order valence-corrected chi connectivity index (χ4v) is 3.34. The van der Waals surface area contributed by atoms with Crippen LogP contribution in [0.25, 0.3) is 0 Å². The van der Waals surface area contributed by atoms with Crippen LogP contribution in [-0.2, 0) is 13.1 Å². The van der Waals surface area contributed by atoms with Crippen LogP contribution in [0.15, 0.2) is 42.5 Å². The molecule has 1 fully saturated rings. The summed E-state index contributed by atoms with van der Waals surface area (Å²) in [4.78, 5) is 14.5. The number of carbonyl (C=O) groups is 1. The lowest BCUT2D eigenvalue weighted by Gasteiger charge is -2.33. The standard InChI is InChI=1S/C21H24F2N2O/c1-15-4-2-3-11-25(15)14-17-7-5-16(6-8-17)13-24-21(26)19-10-9-18(22)12-20(19)23/h5-10,12,15H,2-4,11,13-14H2,1H3,(H,24,26). The number of benzene rings is 2. The molecule has 0 aromatic heterocycles. The Bertz CT molecular complexity index is 761. The lowest BCUT2D eigenvalue weighted by atomic mass is 10.0. The Kier molecular flexibility index (Phi) is 5.99. The number of halogens is 2. The van der Waals surface area contributed by atoms with E-state index in [-0.39, 0.29) is 5.56 Å². The molecule has 1 atom stereocenters. The predicted molar refractivity (Wildman–Crippen MR) is 97.7 cm³/mol. The highest BCUT2D eigenvalue weighted by atomic mass is 19.1. The van der Waals surface area contributed by atoms with Crippen LogP contribution in [0.1, 0.15) is 47.7 Å². The molecule has 1 aliphatic rings. The summed E-state index contributed by atoms with van der Waals surface area (Å²) >= 11 is 0. The molecule has 1 aliphatic heterocycles. The fourth-order valence-electron chi connectivity index (χ4n) is 3.34. The Morgan fingerprint density at radius 2 is 1.85 bits per heavy atom. The van der Waals surface area contributed by atoms with E-state index in [9.17, 15) is 13.6 Å². The van der Waals surface area contributed by atoms with Crippen LogP contribution >= 0.6 is 0 Å². The second kappa shape index (κ2) is 8.41. The number of nitrogens with zero attached hydrogens (tertiary/aromatic N) is 1. The molecule has 1 heterocycles. The Labute approximate surface area is 153 Å². The van der Waals surface area contributed by atoms with E-state index in [0.717, 1.165) is 30.8 Å². The minimum atomic E-state index is -0.853. The third-order valence-corrected chi connectivity index (χ3v) is 4.98. The molecule has 2 aromatic rings. The highest BCUT2D eigenvalue weighted by molar-refractivity contribution is 5.94. The third-order valence-electron chi connectivity index (χ3n) is 4.98. The van der Waals surface area contributed by atoms with Gasteiger partial charge in [-0.25, -0.2) is 8.78 Å². The summed E-state index contributed by atoms with van der Waals surface area (Å²) in [7, 11) is 0. The van der Waals surface area contributed by atoms with Crippen LogP contribution in [0.4, 0.5) is 8.78 Å². The van der Waals surface area contributed by atoms with Crippen LogP contribution in [0.3, 0.4) is 0 Å². The van der Waals surface area contributed by atoms with Crippen molar-refractivity contribution in [2.24, 2.45) is 0 Å². The SMILES string of the molecule is CC1CCCCN1Cc1ccc(CNC(=O)c2ccc(F)cc2F)cc1. The number of nitrogens with one attached hydrogen (secondary N) is 1. The lowest BCUT2D eigenvalue weighted by Crippen LogP contribution is -2.36. The second-order valence-corrected chi connectivity index (χ2v) is 6.94. The van der Waals surface area contributed by atoms with Gasteiger partial charge in [-0.3, -0.25) is 9.69 Å². The average molecular weight is 358 g/mol. The van der Waals surface area contributed by atoms with E-state index in [4.69, 9.17) is 0 Å². The Morgan fingerprint density at radius 1 is 1.12 bits per heavy atom. The molecule has 0 spiro atoms. The first kappa shape index (κ1) is 18.5. The largest absolute Gasteiger partial charge is 0.348 e. The van der Waals surface area contributed by atoms with E-state index in [1.807, 2.05) is 12.1 Å². The molecular weight excluding hydrogens is 334 g/mol. The predicted octanol–water partition coefficient (Wildman–Crippen LogP) is 4.27. The molecule has 3 rings (SSSR count). The van der Waals surface area contributed by atoms with E-state index in [1.165, 1.54) is 24.8 Å². The van der Waals surface area contributed by atoms with Crippen molar-refractivity contribution in [3.05, 3.63) is 70.8 Å². The summed E-state index contributed by atoms with van der Waals surface area (Å²) in [5, 5.41) is 2.67. The van der Waals surface area contributed by atoms with Crippen molar-refractivity contribution < 1.29 is 13.6 Å². The van der Waals surface area contributed by atoms with Crippen LogP contribution < -0.4 is 5.32 Å². The van der Waals surface area contributed by atoms with E-state index in [0.29, 0.717) is 18.7 Å². The first-order chi connectivity index (χ1) is 12.5. The molecule has 0 radical (unpaired) electrons. The molecule has 2 aromatic carbocycles. The van der Waals surface area contributed by atoms with Gasteiger partial charge in [-0.05, 0) is 49.6 Å². The van der Waals surface area contributed by atoms with Gasteiger partial charge in [-0.15, -0.1) is 0 Å². The van der Waals surface area contributed by atoms with Gasteiger partial charge in [0.25, 0.3) is 5.91 Å². The van der Waals surface area contributed by atoms with Crippen LogP contribution in [0.5, 0.6) is 0 Å². The molecule has 0 aliphatic carbocycles. The molecule has 5 heteroatoms. The number of piperidine rings is 1. The molecule has 0 bridgehead atoms. The number of likely N-dealkylation sites (tertiary alicyclic amines) is 1. The lowest BCUT2D eigenvalue weighted by molar-refractivity contribution is 0.0947. The maximum absolute atomic E-state index is 13.6. The maximum Gasteiger partial charge on any atom is 0.254 e. The molecular formula is C21H24F2N2O. The summed E-state index contributed by atoms with van der Waals surface area (Å²) < 4.78 is 26.5. The number of amides is 1. The van der Waals surface area contributed by atoms with Gasteiger partial charge in [0, 0.05) is 25.2 Å². The monoisotopic (exact) mass is 358 g/mol. The van der Waals surface area contributed by atoms with Crippen molar-refractivity contribution in [3.63, 3.8) is 0 Å². The number of hydrogen-bond donors (Lipinski definition) is 1. The number of rotatable bonds is 5. The van der Waals surface area contributed by atoms with Gasteiger partial charge in [0.1, 0.15) is 11.6 Å². The topological polar surface area (TPSA) is 32.3 Å². The highest BCUT2D eigenvalue weighted by Gasteiger charge is 2.18. The molecule has 138 valence electrons. The zero-order valence-electron chi connectivity index (χ0n) is 15.0. The molecule has 1 saturated heterocycles. The molecule has 1 unspecified atom stereocenters. The van der Waals surface area contributed by atoms with Crippen molar-refractivity contribution in [1.29, 1.82) is 0 Å². The van der Waals surface area contributed by atoms with Gasteiger partial charge in [0.2, 0.25) is 0 Å². The minimum absolute atomic E-state index is 0.151. The van der Waals surface area contributed by atoms with Gasteiger partial charge in [0.15, 0.2) is 0 Å². The smallest absolute Gasteiger partial charge is 0.254 e. The second-order valence-electron chi connectivity index (χ2n) is 6.94. The van der Waals surface area contributed by atoms with Crippen molar-refractivity contribution in [2.75, 3.05) is 6.54 Å². The van der Waals surface area contributed by atoms with Gasteiger partial charge in [0.05, 0.1) is 5.56 Å². The minimum Gasteiger partial charge on any atom is -0.348 e. The van der Waals surface area contributed by atoms with Crippen LogP contribution in [0, 0.1) is 11.6 Å². The van der Waals surface area contributed by atoms with Crippen molar-refractivity contribution >= 4 is 5.91 Å². The summed E-state index contributed by atoms with van der Waals surface area (Å²) in [6.07, 6.45) is 3.82. The van der Waals surface area contributed by atoms with Crippen molar-refractivity contribution in [3.8, 4) is 0 Å². The van der Waals surface area contributed by atoms with E-state index < -0.39 is 17.5 Å². The van der Waals surface area contributed by atoms with Crippen molar-refractivity contribution in [1.82, 2.24) is 10.2 Å². The van der Waals surface area contributed by atoms with E-state index in [2.05, 4.69) is 29.3 Å². The van der Waals surface area contributed by atoms with Gasteiger partial charge in [-0.1, -0.05) is 30.7 Å². The van der Waals surface area contributed by atoms with Crippen molar-refractivity contribution in [2.45, 2.75) is 45.3 Å². The Hall–Kier alpha value is -2.27. The molecule has 1 N–H and O–H groups in total.